The second-order valence-electron chi connectivity index (χ2n) is 9.39. The number of rotatable bonds is 7. The van der Waals surface area contributed by atoms with Gasteiger partial charge in [0.15, 0.2) is 11.6 Å². The van der Waals surface area contributed by atoms with Crippen LogP contribution >= 0.6 is 0 Å². The monoisotopic (exact) mass is 535 g/mol. The van der Waals surface area contributed by atoms with Crippen LogP contribution in [0.5, 0.6) is 11.6 Å². The lowest BCUT2D eigenvalue weighted by Gasteiger charge is -2.30. The predicted octanol–water partition coefficient (Wildman–Crippen LogP) is 3.61. The summed E-state index contributed by atoms with van der Waals surface area (Å²) in [5.74, 6) is -1.66. The molecule has 202 valence electrons. The van der Waals surface area contributed by atoms with Crippen molar-refractivity contribution >= 4 is 23.1 Å². The van der Waals surface area contributed by atoms with Gasteiger partial charge in [0.25, 0.3) is 0 Å². The highest BCUT2D eigenvalue weighted by atomic mass is 19.1. The highest BCUT2D eigenvalue weighted by Crippen LogP contribution is 2.30. The third-order valence-corrected chi connectivity index (χ3v) is 6.37. The largest absolute Gasteiger partial charge is 0.434 e. The summed E-state index contributed by atoms with van der Waals surface area (Å²) >= 11 is 0. The van der Waals surface area contributed by atoms with Gasteiger partial charge in [0.2, 0.25) is 11.8 Å². The maximum atomic E-state index is 14.9. The molecule has 1 aliphatic rings. The van der Waals surface area contributed by atoms with Gasteiger partial charge >= 0.3 is 6.03 Å². The highest BCUT2D eigenvalue weighted by Gasteiger charge is 2.20. The van der Waals surface area contributed by atoms with Crippen LogP contribution < -0.4 is 21.1 Å². The van der Waals surface area contributed by atoms with E-state index in [-0.39, 0.29) is 29.8 Å². The van der Waals surface area contributed by atoms with Gasteiger partial charge in [0, 0.05) is 37.1 Å². The molecule has 3 amide bonds. The minimum absolute atomic E-state index is 0.0962. The van der Waals surface area contributed by atoms with Gasteiger partial charge in [-0.15, -0.1) is 0 Å². The molecule has 0 aliphatic carbocycles. The van der Waals surface area contributed by atoms with Crippen molar-refractivity contribution in [2.75, 3.05) is 18.4 Å². The van der Waals surface area contributed by atoms with E-state index in [4.69, 9.17) is 10.5 Å². The van der Waals surface area contributed by atoms with Crippen LogP contribution in [-0.2, 0) is 17.8 Å². The van der Waals surface area contributed by atoms with Crippen molar-refractivity contribution in [2.24, 2.45) is 5.73 Å². The Hall–Kier alpha value is -4.42. The lowest BCUT2D eigenvalue weighted by atomic mass is 10.1. The van der Waals surface area contributed by atoms with Crippen molar-refractivity contribution in [3.63, 3.8) is 0 Å². The number of fused-ring (bicyclic) bond motifs is 1. The van der Waals surface area contributed by atoms with Crippen molar-refractivity contribution in [2.45, 2.75) is 31.8 Å². The number of hydrogen-bond donors (Lipinski definition) is 3. The number of nitrogens with one attached hydrogen (secondary N) is 2. The molecule has 12 heteroatoms. The topological polar surface area (TPSA) is 127 Å². The Morgan fingerprint density at radius 3 is 2.72 bits per heavy atom. The third-order valence-electron chi connectivity index (χ3n) is 6.37. The molecular weight excluding hydrogens is 508 g/mol. The zero-order valence-corrected chi connectivity index (χ0v) is 20.9. The Morgan fingerprint density at radius 1 is 1.13 bits per heavy atom. The number of amides is 3. The number of piperidine rings is 1. The minimum Gasteiger partial charge on any atom is -0.434 e. The van der Waals surface area contributed by atoms with Gasteiger partial charge in [-0.3, -0.25) is 15.0 Å². The van der Waals surface area contributed by atoms with Crippen LogP contribution in [0.3, 0.4) is 0 Å². The van der Waals surface area contributed by atoms with Crippen LogP contribution in [0.4, 0.5) is 19.3 Å². The van der Waals surface area contributed by atoms with Crippen molar-refractivity contribution < 1.29 is 23.1 Å². The lowest BCUT2D eigenvalue weighted by Crippen LogP contribution is -2.42. The zero-order valence-electron chi connectivity index (χ0n) is 20.9. The maximum Gasteiger partial charge on any atom is 0.325 e. The molecule has 4 aromatic rings. The van der Waals surface area contributed by atoms with E-state index < -0.39 is 23.6 Å². The summed E-state index contributed by atoms with van der Waals surface area (Å²) in [6.45, 7) is 2.35. The Kier molecular flexibility index (Phi) is 7.75. The number of carbonyl (C=O) groups excluding carboxylic acids is 2. The van der Waals surface area contributed by atoms with Crippen LogP contribution in [0.1, 0.15) is 24.0 Å². The number of imide groups is 1. The standard InChI is InChI=1S/C27H27F2N7O3/c28-19-5-3-17(4-6-19)12-24(37)34-27(38)33-21-7-8-23(22(29)13-21)39-26-25-18(9-11-36(25)32-16-31-26)14-35-10-1-2-20(30)15-35/h3-9,11,13,16,20H,1-2,10,12,14-15,30H2,(H2,33,34,37,38)/t20-/m0/s1. The first-order chi connectivity index (χ1) is 18.8. The first kappa shape index (κ1) is 26.2. The number of nitrogens with zero attached hydrogens (tertiary/aromatic N) is 4. The molecule has 4 N–H and O–H groups in total. The Morgan fingerprint density at radius 2 is 1.95 bits per heavy atom. The number of anilines is 1. The summed E-state index contributed by atoms with van der Waals surface area (Å²) in [7, 11) is 0. The number of aromatic nitrogens is 3. The van der Waals surface area contributed by atoms with Crippen LogP contribution in [0.15, 0.2) is 61.1 Å². The van der Waals surface area contributed by atoms with Crippen LogP contribution in [0.25, 0.3) is 5.52 Å². The molecule has 1 atom stereocenters. The Labute approximate surface area is 222 Å². The molecule has 2 aromatic carbocycles. The molecule has 0 radical (unpaired) electrons. The van der Waals surface area contributed by atoms with Crippen molar-refractivity contribution in [3.8, 4) is 11.6 Å². The van der Waals surface area contributed by atoms with E-state index in [1.807, 2.05) is 6.07 Å². The lowest BCUT2D eigenvalue weighted by molar-refractivity contribution is -0.119. The highest BCUT2D eigenvalue weighted by molar-refractivity contribution is 6.01. The molecule has 0 unspecified atom stereocenters. The van der Waals surface area contributed by atoms with E-state index in [0.717, 1.165) is 37.6 Å². The van der Waals surface area contributed by atoms with Gasteiger partial charge in [-0.1, -0.05) is 12.1 Å². The van der Waals surface area contributed by atoms with Gasteiger partial charge in [0.1, 0.15) is 17.7 Å². The van der Waals surface area contributed by atoms with Crippen molar-refractivity contribution in [1.82, 2.24) is 24.8 Å². The SMILES string of the molecule is N[C@H]1CCCN(Cc2ccn3ncnc(Oc4ccc(NC(=O)NC(=O)Cc5ccc(F)cc5)cc4F)c23)C1. The molecule has 1 fully saturated rings. The molecule has 0 bridgehead atoms. The van der Waals surface area contributed by atoms with Crippen LogP contribution in [-0.4, -0.2) is 50.6 Å². The van der Waals surface area contributed by atoms with E-state index in [9.17, 15) is 18.4 Å². The smallest absolute Gasteiger partial charge is 0.325 e. The summed E-state index contributed by atoms with van der Waals surface area (Å²) in [5.41, 5.74) is 8.33. The fraction of sp³-hybridized carbons (Fsp3) is 0.259. The quantitative estimate of drug-likeness (QED) is 0.330. The molecule has 1 saturated heterocycles. The summed E-state index contributed by atoms with van der Waals surface area (Å²) in [4.78, 5) is 30.8. The van der Waals surface area contributed by atoms with Crippen LogP contribution in [0, 0.1) is 11.6 Å². The number of benzene rings is 2. The average molecular weight is 536 g/mol. The number of urea groups is 1. The summed E-state index contributed by atoms with van der Waals surface area (Å²) in [6.07, 6.45) is 5.03. The van der Waals surface area contributed by atoms with E-state index >= 15 is 0 Å². The molecule has 5 rings (SSSR count). The fourth-order valence-electron chi connectivity index (χ4n) is 4.55. The van der Waals surface area contributed by atoms with Crippen molar-refractivity contribution in [3.05, 3.63) is 83.8 Å². The van der Waals surface area contributed by atoms with Gasteiger partial charge in [0.05, 0.1) is 6.42 Å². The maximum absolute atomic E-state index is 14.9. The van der Waals surface area contributed by atoms with E-state index in [0.29, 0.717) is 17.6 Å². The number of ether oxygens (including phenoxy) is 1. The van der Waals surface area contributed by atoms with Gasteiger partial charge in [-0.2, -0.15) is 10.1 Å². The summed E-state index contributed by atoms with van der Waals surface area (Å²) in [6, 6.07) is 10.5. The number of likely N-dealkylation sites (tertiary alicyclic amines) is 1. The van der Waals surface area contributed by atoms with Crippen molar-refractivity contribution in [1.29, 1.82) is 0 Å². The molecule has 10 nitrogen and oxygen atoms in total. The van der Waals surface area contributed by atoms with Gasteiger partial charge in [-0.05, 0) is 60.8 Å². The molecule has 39 heavy (non-hydrogen) atoms. The van der Waals surface area contributed by atoms with E-state index in [1.54, 1.807) is 10.7 Å². The Bertz CT molecular complexity index is 1490. The average Bonchev–Trinajstić information content (AvgIpc) is 3.30. The van der Waals surface area contributed by atoms with E-state index in [1.165, 1.54) is 42.7 Å². The molecular formula is C27H27F2N7O3. The molecule has 0 saturated carbocycles. The van der Waals surface area contributed by atoms with Gasteiger partial charge in [-0.25, -0.2) is 18.1 Å². The first-order valence-electron chi connectivity index (χ1n) is 12.5. The minimum atomic E-state index is -0.831. The van der Waals surface area contributed by atoms with Gasteiger partial charge < -0.3 is 15.8 Å². The predicted molar refractivity (Wildman–Crippen MR) is 139 cm³/mol. The second kappa shape index (κ2) is 11.5. The summed E-state index contributed by atoms with van der Waals surface area (Å²) in [5, 5.41) is 8.79. The zero-order chi connectivity index (χ0) is 27.4. The second-order valence-corrected chi connectivity index (χ2v) is 9.39. The third kappa shape index (κ3) is 6.54. The number of halogens is 2. The molecule has 0 spiro atoms. The van der Waals surface area contributed by atoms with E-state index in [2.05, 4.69) is 25.6 Å². The first-order valence-corrected chi connectivity index (χ1v) is 12.5. The molecule has 1 aliphatic heterocycles. The number of nitrogens with two attached hydrogens (primary N) is 1. The Balaban J connectivity index is 1.24. The van der Waals surface area contributed by atoms with Crippen LogP contribution in [0.2, 0.25) is 0 Å². The normalized spacial score (nSPS) is 15.7. The molecule has 3 heterocycles. The molecule has 2 aromatic heterocycles. The summed E-state index contributed by atoms with van der Waals surface area (Å²) < 4.78 is 35.4. The number of hydrogen-bond acceptors (Lipinski definition) is 7. The number of carbonyl (C=O) groups is 2. The fourth-order valence-corrected chi connectivity index (χ4v) is 4.55.